The van der Waals surface area contributed by atoms with Crippen LogP contribution in [0.25, 0.3) is 0 Å². The molecule has 1 aliphatic carbocycles. The molecule has 3 atom stereocenters. The summed E-state index contributed by atoms with van der Waals surface area (Å²) in [5, 5.41) is 12.3. The minimum absolute atomic E-state index is 0.254. The van der Waals surface area contributed by atoms with E-state index in [2.05, 4.69) is 10.3 Å². The first-order chi connectivity index (χ1) is 9.51. The number of rotatable bonds is 4. The molecule has 2 rings (SSSR count). The lowest BCUT2D eigenvalue weighted by atomic mass is 9.95. The first-order valence-electron chi connectivity index (χ1n) is 6.66. The molecule has 1 saturated carbocycles. The minimum Gasteiger partial charge on any atom is -0.481 e. The molecule has 1 aromatic rings. The zero-order chi connectivity index (χ0) is 14.7. The number of nitrogens with zero attached hydrogens (tertiary/aromatic N) is 1. The Bertz CT molecular complexity index is 521. The number of nitrogens with one attached hydrogen (secondary N) is 1. The van der Waals surface area contributed by atoms with Crippen molar-refractivity contribution in [1.29, 1.82) is 0 Å². The van der Waals surface area contributed by atoms with Gasteiger partial charge in [0.05, 0.1) is 11.8 Å². The highest BCUT2D eigenvalue weighted by atomic mass is 35.5. The van der Waals surface area contributed by atoms with E-state index >= 15 is 0 Å². The van der Waals surface area contributed by atoms with Crippen LogP contribution in [0.3, 0.4) is 0 Å². The van der Waals surface area contributed by atoms with Gasteiger partial charge in [-0.2, -0.15) is 0 Å². The second-order valence-electron chi connectivity index (χ2n) is 5.15. The highest BCUT2D eigenvalue weighted by Gasteiger charge is 2.42. The van der Waals surface area contributed by atoms with Crippen molar-refractivity contribution in [2.45, 2.75) is 26.2 Å². The molecule has 0 spiro atoms. The average molecular weight is 297 g/mol. The van der Waals surface area contributed by atoms with Gasteiger partial charge in [-0.15, -0.1) is 0 Å². The third-order valence-electron chi connectivity index (χ3n) is 3.89. The number of anilines is 1. The number of aliphatic carboxylic acids is 1. The maximum Gasteiger partial charge on any atom is 0.307 e. The largest absolute Gasteiger partial charge is 0.481 e. The number of aromatic nitrogens is 1. The predicted octanol–water partition coefficient (Wildman–Crippen LogP) is 2.81. The molecule has 0 radical (unpaired) electrons. The Hall–Kier alpha value is -1.62. The Morgan fingerprint density at radius 2 is 2.15 bits per heavy atom. The zero-order valence-electron chi connectivity index (χ0n) is 11.2. The molecule has 0 aliphatic heterocycles. The second kappa shape index (κ2) is 6.22. The number of halogens is 1. The van der Waals surface area contributed by atoms with Crippen molar-refractivity contribution in [3.63, 3.8) is 0 Å². The van der Waals surface area contributed by atoms with Crippen LogP contribution in [0.2, 0.25) is 5.15 Å². The number of carboxylic acid groups (broad SMARTS) is 1. The van der Waals surface area contributed by atoms with Crippen molar-refractivity contribution in [1.82, 2.24) is 4.98 Å². The summed E-state index contributed by atoms with van der Waals surface area (Å²) in [5.41, 5.74) is 0.541. The van der Waals surface area contributed by atoms with Gasteiger partial charge >= 0.3 is 5.97 Å². The maximum absolute atomic E-state index is 12.3. The molecule has 108 valence electrons. The van der Waals surface area contributed by atoms with Crippen molar-refractivity contribution >= 4 is 29.2 Å². The van der Waals surface area contributed by atoms with E-state index in [-0.39, 0.29) is 11.1 Å². The summed E-state index contributed by atoms with van der Waals surface area (Å²) in [7, 11) is 0. The summed E-state index contributed by atoms with van der Waals surface area (Å²) >= 11 is 5.76. The highest BCUT2D eigenvalue weighted by Crippen LogP contribution is 2.39. The minimum atomic E-state index is -0.895. The molecule has 5 nitrogen and oxygen atoms in total. The Balaban J connectivity index is 2.09. The van der Waals surface area contributed by atoms with Gasteiger partial charge in [-0.1, -0.05) is 24.9 Å². The third kappa shape index (κ3) is 3.28. The summed E-state index contributed by atoms with van der Waals surface area (Å²) in [6.07, 6.45) is 3.59. The standard InChI is InChI=1S/C14H17ClN2O3/c1-2-8-5-10(11(6-8)14(19)20)13(18)17-9-3-4-16-12(15)7-9/h3-4,7-8,10-11H,2,5-6H2,1H3,(H,19,20)(H,16,17,18). The Morgan fingerprint density at radius 1 is 1.45 bits per heavy atom. The molecule has 0 aromatic carbocycles. The molecule has 0 saturated heterocycles. The van der Waals surface area contributed by atoms with E-state index in [0.29, 0.717) is 24.4 Å². The van der Waals surface area contributed by atoms with Gasteiger partial charge in [-0.25, -0.2) is 4.98 Å². The molecule has 1 fully saturated rings. The fourth-order valence-electron chi connectivity index (χ4n) is 2.75. The van der Waals surface area contributed by atoms with Gasteiger partial charge in [0, 0.05) is 11.9 Å². The van der Waals surface area contributed by atoms with Crippen LogP contribution in [0.4, 0.5) is 5.69 Å². The van der Waals surface area contributed by atoms with Crippen LogP contribution in [0, 0.1) is 17.8 Å². The average Bonchev–Trinajstić information content (AvgIpc) is 2.83. The van der Waals surface area contributed by atoms with Gasteiger partial charge in [0.15, 0.2) is 0 Å². The molecule has 0 bridgehead atoms. The summed E-state index contributed by atoms with van der Waals surface area (Å²) < 4.78 is 0. The van der Waals surface area contributed by atoms with E-state index in [0.717, 1.165) is 6.42 Å². The topological polar surface area (TPSA) is 79.3 Å². The van der Waals surface area contributed by atoms with Crippen molar-refractivity contribution in [2.75, 3.05) is 5.32 Å². The number of hydrogen-bond donors (Lipinski definition) is 2. The lowest BCUT2D eigenvalue weighted by Gasteiger charge is -2.15. The van der Waals surface area contributed by atoms with Gasteiger partial charge in [-0.05, 0) is 30.9 Å². The predicted molar refractivity (Wildman–Crippen MR) is 75.5 cm³/mol. The van der Waals surface area contributed by atoms with E-state index in [9.17, 15) is 14.7 Å². The van der Waals surface area contributed by atoms with E-state index in [4.69, 9.17) is 11.6 Å². The number of amides is 1. The van der Waals surface area contributed by atoms with Crippen molar-refractivity contribution < 1.29 is 14.7 Å². The van der Waals surface area contributed by atoms with Crippen molar-refractivity contribution in [3.05, 3.63) is 23.5 Å². The molecule has 1 amide bonds. The summed E-state index contributed by atoms with van der Waals surface area (Å²) in [5.74, 6) is -1.93. The van der Waals surface area contributed by atoms with Gasteiger partial charge in [0.1, 0.15) is 5.15 Å². The van der Waals surface area contributed by atoms with Crippen LogP contribution in [0.15, 0.2) is 18.3 Å². The second-order valence-corrected chi connectivity index (χ2v) is 5.54. The lowest BCUT2D eigenvalue weighted by Crippen LogP contribution is -2.30. The van der Waals surface area contributed by atoms with E-state index in [1.807, 2.05) is 6.92 Å². The van der Waals surface area contributed by atoms with Crippen LogP contribution in [-0.2, 0) is 9.59 Å². The Morgan fingerprint density at radius 3 is 2.75 bits per heavy atom. The van der Waals surface area contributed by atoms with E-state index in [1.165, 1.54) is 6.20 Å². The fourth-order valence-corrected chi connectivity index (χ4v) is 2.93. The van der Waals surface area contributed by atoms with Gasteiger partial charge in [0.25, 0.3) is 0 Å². The van der Waals surface area contributed by atoms with Crippen molar-refractivity contribution in [2.24, 2.45) is 17.8 Å². The molecular weight excluding hydrogens is 280 g/mol. The highest BCUT2D eigenvalue weighted by molar-refractivity contribution is 6.29. The quantitative estimate of drug-likeness (QED) is 0.837. The van der Waals surface area contributed by atoms with Crippen molar-refractivity contribution in [3.8, 4) is 0 Å². The van der Waals surface area contributed by atoms with Gasteiger partial charge in [0.2, 0.25) is 5.91 Å². The summed E-state index contributed by atoms with van der Waals surface area (Å²) in [4.78, 5) is 27.4. The molecule has 1 aliphatic rings. The summed E-state index contributed by atoms with van der Waals surface area (Å²) in [6, 6.07) is 3.17. The van der Waals surface area contributed by atoms with E-state index in [1.54, 1.807) is 12.1 Å². The lowest BCUT2D eigenvalue weighted by molar-refractivity contribution is -0.145. The van der Waals surface area contributed by atoms with E-state index < -0.39 is 17.8 Å². The Kier molecular flexibility index (Phi) is 4.60. The van der Waals surface area contributed by atoms with Crippen LogP contribution >= 0.6 is 11.6 Å². The molecule has 6 heteroatoms. The zero-order valence-corrected chi connectivity index (χ0v) is 11.9. The van der Waals surface area contributed by atoms with Gasteiger partial charge < -0.3 is 10.4 Å². The normalized spacial score (nSPS) is 25.4. The molecular formula is C14H17ClN2O3. The summed E-state index contributed by atoms with van der Waals surface area (Å²) in [6.45, 7) is 2.02. The molecule has 2 N–H and O–H groups in total. The number of pyridine rings is 1. The SMILES string of the molecule is CCC1CC(C(=O)O)C(C(=O)Nc2ccnc(Cl)c2)C1. The van der Waals surface area contributed by atoms with Crippen LogP contribution in [0.5, 0.6) is 0 Å². The van der Waals surface area contributed by atoms with Crippen LogP contribution in [-0.4, -0.2) is 22.0 Å². The first-order valence-corrected chi connectivity index (χ1v) is 7.04. The monoisotopic (exact) mass is 296 g/mol. The number of carbonyl (C=O) groups excluding carboxylic acids is 1. The number of hydrogen-bond acceptors (Lipinski definition) is 3. The first kappa shape index (κ1) is 14.8. The molecule has 3 unspecified atom stereocenters. The third-order valence-corrected chi connectivity index (χ3v) is 4.09. The smallest absolute Gasteiger partial charge is 0.307 e. The molecule has 1 aromatic heterocycles. The fraction of sp³-hybridized carbons (Fsp3) is 0.500. The van der Waals surface area contributed by atoms with Crippen LogP contribution < -0.4 is 5.32 Å². The Labute approximate surface area is 122 Å². The van der Waals surface area contributed by atoms with Crippen LogP contribution in [0.1, 0.15) is 26.2 Å². The molecule has 1 heterocycles. The maximum atomic E-state index is 12.3. The number of carbonyl (C=O) groups is 2. The van der Waals surface area contributed by atoms with Gasteiger partial charge in [-0.3, -0.25) is 9.59 Å². The number of carboxylic acids is 1. The molecule has 20 heavy (non-hydrogen) atoms.